The maximum absolute atomic E-state index is 12.3. The van der Waals surface area contributed by atoms with E-state index in [0.29, 0.717) is 17.1 Å². The molecule has 0 saturated heterocycles. The van der Waals surface area contributed by atoms with Crippen LogP contribution in [0, 0.1) is 10.5 Å². The normalized spacial score (nSPS) is 10.6. The smallest absolute Gasteiger partial charge is 0.255 e. The lowest BCUT2D eigenvalue weighted by Crippen LogP contribution is -2.11. The molecule has 0 bridgehead atoms. The van der Waals surface area contributed by atoms with Crippen LogP contribution in [0.5, 0.6) is 0 Å². The van der Waals surface area contributed by atoms with Gasteiger partial charge >= 0.3 is 0 Å². The molecule has 4 nitrogen and oxygen atoms in total. The molecule has 1 aromatic heterocycles. The van der Waals surface area contributed by atoms with Gasteiger partial charge in [-0.2, -0.15) is 0 Å². The van der Waals surface area contributed by atoms with Gasteiger partial charge in [-0.25, -0.2) is 0 Å². The molecule has 24 heavy (non-hydrogen) atoms. The van der Waals surface area contributed by atoms with Crippen LogP contribution in [0.3, 0.4) is 0 Å². The van der Waals surface area contributed by atoms with Crippen molar-refractivity contribution in [2.75, 3.05) is 5.32 Å². The van der Waals surface area contributed by atoms with E-state index >= 15 is 0 Å². The molecule has 1 heterocycles. The molecule has 3 aromatic rings. The first-order valence-corrected chi connectivity index (χ1v) is 8.52. The first-order valence-electron chi connectivity index (χ1n) is 7.44. The van der Waals surface area contributed by atoms with Crippen LogP contribution in [0.2, 0.25) is 0 Å². The highest BCUT2D eigenvalue weighted by Crippen LogP contribution is 2.28. The zero-order chi connectivity index (χ0) is 17.1. The lowest BCUT2D eigenvalue weighted by Gasteiger charge is -2.09. The fourth-order valence-electron chi connectivity index (χ4n) is 2.43. The summed E-state index contributed by atoms with van der Waals surface area (Å²) < 4.78 is 6.65. The van der Waals surface area contributed by atoms with Crippen LogP contribution in [0.25, 0.3) is 11.3 Å². The van der Waals surface area contributed by atoms with Crippen molar-refractivity contribution in [3.8, 4) is 11.3 Å². The summed E-state index contributed by atoms with van der Waals surface area (Å²) in [5, 5.41) is 12.0. The van der Waals surface area contributed by atoms with Crippen molar-refractivity contribution in [3.63, 3.8) is 0 Å². The fraction of sp³-hybridized carbons (Fsp3) is 0.105. The number of hydrogen-bond donors (Lipinski definition) is 2. The molecule has 5 heteroatoms. The number of carbonyl (C=O) groups excluding carboxylic acids is 1. The number of benzene rings is 2. The maximum Gasteiger partial charge on any atom is 0.255 e. The van der Waals surface area contributed by atoms with Crippen molar-refractivity contribution < 1.29 is 14.3 Å². The van der Waals surface area contributed by atoms with Gasteiger partial charge in [0.05, 0.1) is 0 Å². The third kappa shape index (κ3) is 3.68. The second-order valence-corrected chi connectivity index (χ2v) is 6.66. The van der Waals surface area contributed by atoms with Crippen LogP contribution in [0.15, 0.2) is 59.0 Å². The number of amides is 1. The van der Waals surface area contributed by atoms with Gasteiger partial charge in [-0.15, -0.1) is 0 Å². The summed E-state index contributed by atoms with van der Waals surface area (Å²) in [5.41, 5.74) is 3.26. The van der Waals surface area contributed by atoms with Gasteiger partial charge in [-0.1, -0.05) is 0 Å². The molecule has 2 aromatic carbocycles. The topological polar surface area (TPSA) is 62.5 Å². The molecule has 0 radical (unpaired) electrons. The zero-order valence-corrected chi connectivity index (χ0v) is 15.2. The monoisotopic (exact) mass is 433 g/mol. The van der Waals surface area contributed by atoms with E-state index in [-0.39, 0.29) is 12.5 Å². The number of hydrogen-bond acceptors (Lipinski definition) is 3. The molecule has 0 spiro atoms. The molecule has 0 aliphatic rings. The molecule has 0 atom stereocenters. The standard InChI is InChI=1S/C19H16INO3/c1-12-10-15(21-19(23)13-2-4-14(20)5-3-13)6-8-17(12)18-9-7-16(11-22)24-18/h2-10,22H,11H2,1H3,(H,21,23). The lowest BCUT2D eigenvalue weighted by molar-refractivity contribution is 0.102. The highest BCUT2D eigenvalue weighted by Gasteiger charge is 2.10. The minimum absolute atomic E-state index is 0.122. The summed E-state index contributed by atoms with van der Waals surface area (Å²) >= 11 is 2.21. The van der Waals surface area contributed by atoms with Crippen LogP contribution >= 0.6 is 22.6 Å². The summed E-state index contributed by atoms with van der Waals surface area (Å²) in [5.74, 6) is 1.09. The van der Waals surface area contributed by atoms with Crippen LogP contribution in [0.4, 0.5) is 5.69 Å². The third-order valence-electron chi connectivity index (χ3n) is 3.67. The predicted molar refractivity (Wildman–Crippen MR) is 102 cm³/mol. The Bertz CT molecular complexity index is 869. The Kier molecular flexibility index (Phi) is 5.01. The molecular weight excluding hydrogens is 417 g/mol. The van der Waals surface area contributed by atoms with E-state index in [0.717, 1.165) is 20.4 Å². The Morgan fingerprint density at radius 3 is 2.50 bits per heavy atom. The first-order chi connectivity index (χ1) is 11.6. The second kappa shape index (κ2) is 7.19. The van der Waals surface area contributed by atoms with Gasteiger partial charge in [-0.3, -0.25) is 4.79 Å². The zero-order valence-electron chi connectivity index (χ0n) is 13.0. The van der Waals surface area contributed by atoms with Gasteiger partial charge in [0.1, 0.15) is 18.1 Å². The van der Waals surface area contributed by atoms with Crippen LogP contribution in [-0.4, -0.2) is 11.0 Å². The molecule has 0 aliphatic heterocycles. The van der Waals surface area contributed by atoms with Crippen LogP contribution in [-0.2, 0) is 6.61 Å². The number of aliphatic hydroxyl groups excluding tert-OH is 1. The van der Waals surface area contributed by atoms with Gasteiger partial charge in [0.25, 0.3) is 5.91 Å². The summed E-state index contributed by atoms with van der Waals surface area (Å²) in [6, 6.07) is 16.6. The van der Waals surface area contributed by atoms with E-state index in [1.165, 1.54) is 0 Å². The summed E-state index contributed by atoms with van der Waals surface area (Å²) in [6.07, 6.45) is 0. The Labute approximate surface area is 153 Å². The van der Waals surface area contributed by atoms with E-state index in [4.69, 9.17) is 9.52 Å². The Hall–Kier alpha value is -2.12. The Balaban J connectivity index is 1.79. The molecule has 122 valence electrons. The van der Waals surface area contributed by atoms with E-state index < -0.39 is 0 Å². The first kappa shape index (κ1) is 16.7. The van der Waals surface area contributed by atoms with E-state index in [1.807, 2.05) is 43.3 Å². The summed E-state index contributed by atoms with van der Waals surface area (Å²) in [4.78, 5) is 12.3. The van der Waals surface area contributed by atoms with E-state index in [9.17, 15) is 4.79 Å². The summed E-state index contributed by atoms with van der Waals surface area (Å²) in [7, 11) is 0. The Morgan fingerprint density at radius 1 is 1.12 bits per heavy atom. The SMILES string of the molecule is Cc1cc(NC(=O)c2ccc(I)cc2)ccc1-c1ccc(CO)o1. The molecule has 0 saturated carbocycles. The van der Waals surface area contributed by atoms with E-state index in [1.54, 1.807) is 18.2 Å². The molecule has 0 fully saturated rings. The number of carbonyl (C=O) groups is 1. The van der Waals surface area contributed by atoms with Crippen molar-refractivity contribution in [1.82, 2.24) is 0 Å². The molecule has 0 aliphatic carbocycles. The van der Waals surface area contributed by atoms with Gasteiger partial charge in [0, 0.05) is 20.4 Å². The maximum atomic E-state index is 12.3. The average Bonchev–Trinajstić information content (AvgIpc) is 3.04. The van der Waals surface area contributed by atoms with Gasteiger partial charge < -0.3 is 14.8 Å². The molecule has 2 N–H and O–H groups in total. The number of aryl methyl sites for hydroxylation is 1. The Morgan fingerprint density at radius 2 is 1.88 bits per heavy atom. The van der Waals surface area contributed by atoms with Crippen molar-refractivity contribution in [2.45, 2.75) is 13.5 Å². The number of nitrogens with one attached hydrogen (secondary N) is 1. The fourth-order valence-corrected chi connectivity index (χ4v) is 2.79. The van der Waals surface area contributed by atoms with Crippen molar-refractivity contribution >= 4 is 34.2 Å². The van der Waals surface area contributed by atoms with Crippen LogP contribution in [0.1, 0.15) is 21.7 Å². The number of rotatable bonds is 4. The quantitative estimate of drug-likeness (QED) is 0.592. The number of aliphatic hydroxyl groups is 1. The number of halogens is 1. The minimum atomic E-state index is -0.140. The lowest BCUT2D eigenvalue weighted by atomic mass is 10.1. The largest absolute Gasteiger partial charge is 0.459 e. The minimum Gasteiger partial charge on any atom is -0.459 e. The van der Waals surface area contributed by atoms with Crippen molar-refractivity contribution in [3.05, 3.63) is 75.1 Å². The van der Waals surface area contributed by atoms with Gasteiger partial charge in [-0.05, 0) is 89.7 Å². The molecule has 0 unspecified atom stereocenters. The summed E-state index contributed by atoms with van der Waals surface area (Å²) in [6.45, 7) is 1.83. The number of furan rings is 1. The van der Waals surface area contributed by atoms with Gasteiger partial charge in [0.2, 0.25) is 0 Å². The molecule has 1 amide bonds. The van der Waals surface area contributed by atoms with Crippen molar-refractivity contribution in [1.29, 1.82) is 0 Å². The molecule has 3 rings (SSSR count). The highest BCUT2D eigenvalue weighted by atomic mass is 127. The predicted octanol–water partition coefficient (Wildman–Crippen LogP) is 4.60. The number of anilines is 1. The average molecular weight is 433 g/mol. The van der Waals surface area contributed by atoms with Crippen LogP contribution < -0.4 is 5.32 Å². The highest BCUT2D eigenvalue weighted by molar-refractivity contribution is 14.1. The second-order valence-electron chi connectivity index (χ2n) is 5.41. The van der Waals surface area contributed by atoms with Crippen molar-refractivity contribution in [2.24, 2.45) is 0 Å². The molecular formula is C19H16INO3. The van der Waals surface area contributed by atoms with Gasteiger partial charge in [0.15, 0.2) is 0 Å². The van der Waals surface area contributed by atoms with E-state index in [2.05, 4.69) is 27.9 Å². The third-order valence-corrected chi connectivity index (χ3v) is 4.39.